The van der Waals surface area contributed by atoms with Crippen LogP contribution in [0.4, 0.5) is 0 Å². The summed E-state index contributed by atoms with van der Waals surface area (Å²) in [7, 11) is 0. The molecule has 0 N–H and O–H groups in total. The second-order valence-corrected chi connectivity index (χ2v) is 15.7. The molecule has 0 saturated heterocycles. The van der Waals surface area contributed by atoms with Crippen LogP contribution in [0.2, 0.25) is 0 Å². The fraction of sp³-hybridized carbons (Fsp3) is 0.932. The second-order valence-electron chi connectivity index (χ2n) is 15.7. The number of ether oxygens (including phenoxy) is 3. The van der Waals surface area contributed by atoms with Crippen LogP contribution in [0, 0.1) is 11.8 Å². The highest BCUT2D eigenvalue weighted by Gasteiger charge is 2.19. The Morgan fingerprint density at radius 2 is 0.760 bits per heavy atom. The van der Waals surface area contributed by atoms with Gasteiger partial charge in [-0.3, -0.25) is 14.4 Å². The van der Waals surface area contributed by atoms with Crippen molar-refractivity contribution in [2.24, 2.45) is 11.8 Å². The van der Waals surface area contributed by atoms with Gasteiger partial charge in [0, 0.05) is 19.3 Å². The second kappa shape index (κ2) is 37.2. The van der Waals surface area contributed by atoms with Crippen molar-refractivity contribution >= 4 is 17.9 Å². The third kappa shape index (κ3) is 36.2. The molecule has 1 unspecified atom stereocenters. The van der Waals surface area contributed by atoms with Crippen LogP contribution in [0.15, 0.2) is 0 Å². The predicted molar refractivity (Wildman–Crippen MR) is 210 cm³/mol. The summed E-state index contributed by atoms with van der Waals surface area (Å²) in [5.74, 6) is 0.796. The summed E-state index contributed by atoms with van der Waals surface area (Å²) in [6.45, 7) is 11.3. The summed E-state index contributed by atoms with van der Waals surface area (Å²) in [5, 5.41) is 0. The van der Waals surface area contributed by atoms with Gasteiger partial charge >= 0.3 is 17.9 Å². The smallest absolute Gasteiger partial charge is 0.306 e. The Balaban J connectivity index is 4.31. The van der Waals surface area contributed by atoms with E-state index in [-0.39, 0.29) is 31.1 Å². The van der Waals surface area contributed by atoms with Crippen LogP contribution in [0.25, 0.3) is 0 Å². The first kappa shape index (κ1) is 48.4. The Hall–Kier alpha value is -1.59. The van der Waals surface area contributed by atoms with Gasteiger partial charge in [0.1, 0.15) is 13.2 Å². The van der Waals surface area contributed by atoms with Crippen molar-refractivity contribution in [2.45, 2.75) is 240 Å². The number of carbonyl (C=O) groups excluding carboxylic acids is 3. The minimum atomic E-state index is -0.759. The average Bonchev–Trinajstić information content (AvgIpc) is 3.09. The number of rotatable bonds is 38. The van der Waals surface area contributed by atoms with Gasteiger partial charge in [-0.05, 0) is 31.1 Å². The number of hydrogen-bond acceptors (Lipinski definition) is 6. The molecule has 6 heteroatoms. The van der Waals surface area contributed by atoms with Crippen LogP contribution in [0.5, 0.6) is 0 Å². The zero-order chi connectivity index (χ0) is 36.9. The van der Waals surface area contributed by atoms with Crippen molar-refractivity contribution in [3.8, 4) is 0 Å². The van der Waals surface area contributed by atoms with Crippen LogP contribution < -0.4 is 0 Å². The highest BCUT2D eigenvalue weighted by atomic mass is 16.6. The Morgan fingerprint density at radius 1 is 0.420 bits per heavy atom. The first-order chi connectivity index (χ1) is 24.3. The predicted octanol–water partition coefficient (Wildman–Crippen LogP) is 13.4. The fourth-order valence-corrected chi connectivity index (χ4v) is 6.37. The molecule has 0 fully saturated rings. The van der Waals surface area contributed by atoms with Crippen molar-refractivity contribution in [3.63, 3.8) is 0 Å². The summed E-state index contributed by atoms with van der Waals surface area (Å²) in [5.41, 5.74) is 0. The number of unbranched alkanes of at least 4 members (excludes halogenated alkanes) is 22. The van der Waals surface area contributed by atoms with E-state index >= 15 is 0 Å². The monoisotopic (exact) mass is 709 g/mol. The first-order valence-electron chi connectivity index (χ1n) is 21.8. The molecule has 0 aromatic heterocycles. The zero-order valence-electron chi connectivity index (χ0n) is 34.0. The maximum atomic E-state index is 12.7. The highest BCUT2D eigenvalue weighted by Crippen LogP contribution is 2.17. The summed E-state index contributed by atoms with van der Waals surface area (Å²) < 4.78 is 16.6. The van der Waals surface area contributed by atoms with Crippen LogP contribution in [-0.2, 0) is 28.6 Å². The van der Waals surface area contributed by atoms with E-state index in [2.05, 4.69) is 34.6 Å². The summed E-state index contributed by atoms with van der Waals surface area (Å²) in [4.78, 5) is 37.5. The molecule has 0 aliphatic carbocycles. The van der Waals surface area contributed by atoms with Gasteiger partial charge in [0.15, 0.2) is 6.10 Å². The summed E-state index contributed by atoms with van der Waals surface area (Å²) in [6.07, 6.45) is 33.8. The molecule has 0 aromatic carbocycles. The minimum absolute atomic E-state index is 0.0661. The van der Waals surface area contributed by atoms with Gasteiger partial charge in [-0.15, -0.1) is 0 Å². The van der Waals surface area contributed by atoms with Crippen LogP contribution in [0.3, 0.4) is 0 Å². The summed E-state index contributed by atoms with van der Waals surface area (Å²) in [6, 6.07) is 0. The lowest BCUT2D eigenvalue weighted by molar-refractivity contribution is -0.167. The molecule has 0 spiro atoms. The van der Waals surface area contributed by atoms with Gasteiger partial charge in [0.2, 0.25) is 0 Å². The van der Waals surface area contributed by atoms with Crippen molar-refractivity contribution in [1.82, 2.24) is 0 Å². The molecule has 0 heterocycles. The number of esters is 3. The van der Waals surface area contributed by atoms with Crippen molar-refractivity contribution in [1.29, 1.82) is 0 Å². The van der Waals surface area contributed by atoms with E-state index in [9.17, 15) is 14.4 Å². The molecule has 50 heavy (non-hydrogen) atoms. The minimum Gasteiger partial charge on any atom is -0.462 e. The van der Waals surface area contributed by atoms with Crippen LogP contribution >= 0.6 is 0 Å². The molecular formula is C44H84O6. The van der Waals surface area contributed by atoms with Crippen molar-refractivity contribution < 1.29 is 28.6 Å². The van der Waals surface area contributed by atoms with Gasteiger partial charge in [-0.1, -0.05) is 195 Å². The maximum absolute atomic E-state index is 12.7. The third-order valence-corrected chi connectivity index (χ3v) is 10.1. The van der Waals surface area contributed by atoms with E-state index < -0.39 is 6.10 Å². The first-order valence-corrected chi connectivity index (χ1v) is 21.8. The molecule has 0 aromatic rings. The average molecular weight is 709 g/mol. The van der Waals surface area contributed by atoms with E-state index in [4.69, 9.17) is 14.2 Å². The normalized spacial score (nSPS) is 12.6. The molecule has 2 atom stereocenters. The molecule has 6 nitrogen and oxygen atoms in total. The van der Waals surface area contributed by atoms with E-state index in [1.54, 1.807) is 0 Å². The van der Waals surface area contributed by atoms with Crippen molar-refractivity contribution in [3.05, 3.63) is 0 Å². The van der Waals surface area contributed by atoms with Crippen LogP contribution in [0.1, 0.15) is 234 Å². The molecule has 0 bridgehead atoms. The molecule has 0 radical (unpaired) electrons. The Kier molecular flexibility index (Phi) is 36.0. The van der Waals surface area contributed by atoms with E-state index in [0.717, 1.165) is 69.6 Å². The third-order valence-electron chi connectivity index (χ3n) is 10.1. The van der Waals surface area contributed by atoms with Gasteiger partial charge in [0.25, 0.3) is 0 Å². The van der Waals surface area contributed by atoms with E-state index in [1.807, 2.05) is 0 Å². The van der Waals surface area contributed by atoms with Gasteiger partial charge in [-0.2, -0.15) is 0 Å². The zero-order valence-corrected chi connectivity index (χ0v) is 34.0. The number of hydrogen-bond donors (Lipinski definition) is 0. The highest BCUT2D eigenvalue weighted by molar-refractivity contribution is 5.71. The number of carbonyl (C=O) groups is 3. The lowest BCUT2D eigenvalue weighted by atomic mass is 9.99. The molecular weight excluding hydrogens is 624 g/mol. The van der Waals surface area contributed by atoms with Gasteiger partial charge in [0.05, 0.1) is 0 Å². The lowest BCUT2D eigenvalue weighted by Crippen LogP contribution is -2.30. The molecule has 0 amide bonds. The molecule has 0 rings (SSSR count). The van der Waals surface area contributed by atoms with Gasteiger partial charge in [-0.25, -0.2) is 0 Å². The molecule has 0 aliphatic heterocycles. The maximum Gasteiger partial charge on any atom is 0.306 e. The standard InChI is InChI=1S/C44H84O6/c1-6-8-9-10-17-24-29-34-42(45)48-37-41(38-49-43(46)35-30-25-20-16-15-19-23-28-33-40(5)7-2)50-44(47)36-31-26-21-14-12-11-13-18-22-27-32-39(3)4/h39-41H,6-38H2,1-5H3/t40?,41-/m0/s1. The fourth-order valence-electron chi connectivity index (χ4n) is 6.37. The van der Waals surface area contributed by atoms with E-state index in [1.165, 1.54) is 122 Å². The Bertz CT molecular complexity index is 766. The van der Waals surface area contributed by atoms with E-state index in [0.29, 0.717) is 19.3 Å². The van der Waals surface area contributed by atoms with Crippen LogP contribution in [-0.4, -0.2) is 37.2 Å². The summed E-state index contributed by atoms with van der Waals surface area (Å²) >= 11 is 0. The largest absolute Gasteiger partial charge is 0.462 e. The Labute approximate surface area is 310 Å². The molecule has 0 aliphatic rings. The molecule has 0 saturated carbocycles. The topological polar surface area (TPSA) is 78.9 Å². The van der Waals surface area contributed by atoms with Gasteiger partial charge < -0.3 is 14.2 Å². The SMILES string of the molecule is CCCCCCCCCC(=O)OC[C@@H](COC(=O)CCCCCCCCCCC(C)CC)OC(=O)CCCCCCCCCCCCC(C)C. The Morgan fingerprint density at radius 3 is 1.14 bits per heavy atom. The lowest BCUT2D eigenvalue weighted by Gasteiger charge is -2.18. The van der Waals surface area contributed by atoms with Crippen molar-refractivity contribution in [2.75, 3.05) is 13.2 Å². The quantitative estimate of drug-likeness (QED) is 0.0361. The molecule has 296 valence electrons.